The molecule has 27 heavy (non-hydrogen) atoms. The van der Waals surface area contributed by atoms with Gasteiger partial charge in [0, 0.05) is 0 Å². The van der Waals surface area contributed by atoms with Crippen molar-refractivity contribution >= 4 is 17.6 Å². The molecule has 0 aliphatic rings. The van der Waals surface area contributed by atoms with Crippen molar-refractivity contribution in [1.29, 1.82) is 0 Å². The van der Waals surface area contributed by atoms with Gasteiger partial charge >= 0.3 is 17.6 Å². The van der Waals surface area contributed by atoms with Gasteiger partial charge in [-0.2, -0.15) is 0 Å². The largest absolute Gasteiger partial charge is 0.462 e. The molecule has 0 fully saturated rings. The molecule has 0 aliphatic heterocycles. The van der Waals surface area contributed by atoms with Crippen LogP contribution < -0.4 is 4.74 Å². The number of esters is 2. The molecule has 0 N–H and O–H groups in total. The summed E-state index contributed by atoms with van der Waals surface area (Å²) < 4.78 is 23.4. The third kappa shape index (κ3) is 5.34. The standard InChI is InChI=1S/C19H18FNO6/c1-2-3-6-11-26-18(22)14-7-4-5-8-15(14)19(23)27-17-10-9-13(20)12-16(17)21(24)25/h4-5,7-10,12H,2-3,6,11H2,1H3. The number of hydrogen-bond acceptors (Lipinski definition) is 6. The summed E-state index contributed by atoms with van der Waals surface area (Å²) in [6.07, 6.45) is 2.58. The monoisotopic (exact) mass is 375 g/mol. The van der Waals surface area contributed by atoms with Crippen LogP contribution in [-0.2, 0) is 4.74 Å². The Kier molecular flexibility index (Phi) is 6.99. The molecule has 7 nitrogen and oxygen atoms in total. The molecule has 0 saturated heterocycles. The lowest BCUT2D eigenvalue weighted by Crippen LogP contribution is -2.16. The maximum absolute atomic E-state index is 13.2. The molecule has 0 heterocycles. The molecule has 0 unspecified atom stereocenters. The van der Waals surface area contributed by atoms with Crippen LogP contribution in [0.3, 0.4) is 0 Å². The molecular weight excluding hydrogens is 357 g/mol. The third-order valence-electron chi connectivity index (χ3n) is 3.67. The van der Waals surface area contributed by atoms with Crippen LogP contribution in [0.4, 0.5) is 10.1 Å². The van der Waals surface area contributed by atoms with Crippen molar-refractivity contribution < 1.29 is 28.4 Å². The summed E-state index contributed by atoms with van der Waals surface area (Å²) in [5, 5.41) is 11.0. The van der Waals surface area contributed by atoms with Gasteiger partial charge in [-0.05, 0) is 30.7 Å². The number of carbonyl (C=O) groups is 2. The Balaban J connectivity index is 2.20. The number of unbranched alkanes of at least 4 members (excludes halogenated alkanes) is 2. The van der Waals surface area contributed by atoms with Crippen LogP contribution >= 0.6 is 0 Å². The van der Waals surface area contributed by atoms with Crippen LogP contribution in [0.2, 0.25) is 0 Å². The molecule has 2 aromatic carbocycles. The number of nitro benzene ring substituents is 1. The highest BCUT2D eigenvalue weighted by Crippen LogP contribution is 2.28. The van der Waals surface area contributed by atoms with Crippen LogP contribution in [-0.4, -0.2) is 23.5 Å². The van der Waals surface area contributed by atoms with Gasteiger partial charge < -0.3 is 9.47 Å². The highest BCUT2D eigenvalue weighted by atomic mass is 19.1. The zero-order chi connectivity index (χ0) is 19.8. The summed E-state index contributed by atoms with van der Waals surface area (Å²) in [7, 11) is 0. The molecule has 0 spiro atoms. The predicted octanol–water partition coefficient (Wildman–Crippen LogP) is 4.30. The first-order chi connectivity index (χ1) is 12.9. The molecule has 0 bridgehead atoms. The normalized spacial score (nSPS) is 10.3. The average molecular weight is 375 g/mol. The fourth-order valence-electron chi connectivity index (χ4n) is 2.31. The van der Waals surface area contributed by atoms with Gasteiger partial charge in [-0.3, -0.25) is 10.1 Å². The molecule has 8 heteroatoms. The van der Waals surface area contributed by atoms with Gasteiger partial charge in [-0.15, -0.1) is 0 Å². The zero-order valence-electron chi connectivity index (χ0n) is 14.6. The zero-order valence-corrected chi connectivity index (χ0v) is 14.6. The van der Waals surface area contributed by atoms with Crippen molar-refractivity contribution in [3.8, 4) is 5.75 Å². The van der Waals surface area contributed by atoms with Crippen molar-refractivity contribution in [1.82, 2.24) is 0 Å². The highest BCUT2D eigenvalue weighted by Gasteiger charge is 2.23. The second-order valence-electron chi connectivity index (χ2n) is 5.65. The van der Waals surface area contributed by atoms with Crippen molar-refractivity contribution in [3.63, 3.8) is 0 Å². The summed E-state index contributed by atoms with van der Waals surface area (Å²) in [5.74, 6) is -2.92. The summed E-state index contributed by atoms with van der Waals surface area (Å²) in [4.78, 5) is 34.8. The lowest BCUT2D eigenvalue weighted by molar-refractivity contribution is -0.385. The Bertz CT molecular complexity index is 852. The van der Waals surface area contributed by atoms with E-state index in [2.05, 4.69) is 0 Å². The Labute approximate surface area is 154 Å². The number of rotatable bonds is 8. The Morgan fingerprint density at radius 2 is 1.74 bits per heavy atom. The summed E-state index contributed by atoms with van der Waals surface area (Å²) in [5.41, 5.74) is -0.802. The average Bonchev–Trinajstić information content (AvgIpc) is 2.66. The number of halogens is 1. The van der Waals surface area contributed by atoms with E-state index in [1.807, 2.05) is 6.92 Å². The van der Waals surface area contributed by atoms with Gasteiger partial charge in [0.2, 0.25) is 5.75 Å². The number of carbonyl (C=O) groups excluding carboxylic acids is 2. The van der Waals surface area contributed by atoms with Gasteiger partial charge in [-0.25, -0.2) is 14.0 Å². The minimum Gasteiger partial charge on any atom is -0.462 e. The molecule has 0 atom stereocenters. The minimum absolute atomic E-state index is 0.0104. The summed E-state index contributed by atoms with van der Waals surface area (Å²) in [6.45, 7) is 2.24. The van der Waals surface area contributed by atoms with Gasteiger partial charge in [-0.1, -0.05) is 31.9 Å². The lowest BCUT2D eigenvalue weighted by atomic mass is 10.1. The van der Waals surface area contributed by atoms with Crippen LogP contribution in [0.25, 0.3) is 0 Å². The van der Waals surface area contributed by atoms with Crippen LogP contribution in [0.15, 0.2) is 42.5 Å². The minimum atomic E-state index is -0.981. The SMILES string of the molecule is CCCCCOC(=O)c1ccccc1C(=O)Oc1ccc(F)cc1[N+](=O)[O-]. The van der Waals surface area contributed by atoms with E-state index < -0.39 is 34.1 Å². The van der Waals surface area contributed by atoms with E-state index in [0.717, 1.165) is 25.0 Å². The van der Waals surface area contributed by atoms with E-state index in [0.29, 0.717) is 12.5 Å². The van der Waals surface area contributed by atoms with E-state index in [9.17, 15) is 24.1 Å². The first kappa shape index (κ1) is 20.0. The van der Waals surface area contributed by atoms with E-state index >= 15 is 0 Å². The van der Waals surface area contributed by atoms with Gasteiger partial charge in [0.05, 0.1) is 28.7 Å². The van der Waals surface area contributed by atoms with E-state index in [1.54, 1.807) is 6.07 Å². The molecular formula is C19H18FNO6. The maximum Gasteiger partial charge on any atom is 0.344 e. The molecule has 0 amide bonds. The highest BCUT2D eigenvalue weighted by molar-refractivity contribution is 6.03. The number of nitrogens with zero attached hydrogens (tertiary/aromatic N) is 1. The first-order valence-corrected chi connectivity index (χ1v) is 8.36. The quantitative estimate of drug-likeness (QED) is 0.224. The van der Waals surface area contributed by atoms with Gasteiger partial charge in [0.25, 0.3) is 0 Å². The number of nitro groups is 1. The molecule has 0 aliphatic carbocycles. The maximum atomic E-state index is 13.2. The molecule has 2 aromatic rings. The van der Waals surface area contributed by atoms with Crippen molar-refractivity contribution in [2.24, 2.45) is 0 Å². The van der Waals surface area contributed by atoms with Crippen molar-refractivity contribution in [2.45, 2.75) is 26.2 Å². The van der Waals surface area contributed by atoms with Crippen LogP contribution in [0.1, 0.15) is 46.9 Å². The Morgan fingerprint density at radius 3 is 2.37 bits per heavy atom. The molecule has 142 valence electrons. The second kappa shape index (κ2) is 9.42. The van der Waals surface area contributed by atoms with Crippen molar-refractivity contribution in [3.05, 3.63) is 69.5 Å². The van der Waals surface area contributed by atoms with Crippen molar-refractivity contribution in [2.75, 3.05) is 6.61 Å². The lowest BCUT2D eigenvalue weighted by Gasteiger charge is -2.10. The number of ether oxygens (including phenoxy) is 2. The molecule has 0 saturated carbocycles. The Hall–Kier alpha value is -3.29. The summed E-state index contributed by atoms with van der Waals surface area (Å²) >= 11 is 0. The molecule has 2 rings (SSSR count). The fourth-order valence-corrected chi connectivity index (χ4v) is 2.31. The van der Waals surface area contributed by atoms with Gasteiger partial charge in [0.15, 0.2) is 0 Å². The second-order valence-corrected chi connectivity index (χ2v) is 5.65. The Morgan fingerprint density at radius 1 is 1.07 bits per heavy atom. The van der Waals surface area contributed by atoms with E-state index in [-0.39, 0.29) is 17.7 Å². The molecule has 0 aromatic heterocycles. The topological polar surface area (TPSA) is 95.7 Å². The fraction of sp³-hybridized carbons (Fsp3) is 0.263. The van der Waals surface area contributed by atoms with Crippen LogP contribution in [0.5, 0.6) is 5.75 Å². The predicted molar refractivity (Wildman–Crippen MR) is 94.3 cm³/mol. The van der Waals surface area contributed by atoms with Crippen LogP contribution in [0, 0.1) is 15.9 Å². The van der Waals surface area contributed by atoms with E-state index in [4.69, 9.17) is 9.47 Å². The van der Waals surface area contributed by atoms with E-state index in [1.165, 1.54) is 18.2 Å². The number of hydrogen-bond donors (Lipinski definition) is 0. The summed E-state index contributed by atoms with van der Waals surface area (Å²) in [6, 6.07) is 8.39. The first-order valence-electron chi connectivity index (χ1n) is 8.36. The molecule has 0 radical (unpaired) electrons. The van der Waals surface area contributed by atoms with Gasteiger partial charge in [0.1, 0.15) is 5.82 Å². The number of benzene rings is 2. The smallest absolute Gasteiger partial charge is 0.344 e. The third-order valence-corrected chi connectivity index (χ3v) is 3.67.